The van der Waals surface area contributed by atoms with E-state index in [1.165, 1.54) is 29.8 Å². The average molecular weight is 392 g/mol. The number of aryl methyl sites for hydroxylation is 1. The summed E-state index contributed by atoms with van der Waals surface area (Å²) in [6.07, 6.45) is 5.78. The Labute approximate surface area is 170 Å². The van der Waals surface area contributed by atoms with Crippen LogP contribution in [0.2, 0.25) is 0 Å². The van der Waals surface area contributed by atoms with Gasteiger partial charge in [-0.15, -0.1) is 0 Å². The minimum absolute atomic E-state index is 0.934. The van der Waals surface area contributed by atoms with Gasteiger partial charge < -0.3 is 15.5 Å². The monoisotopic (exact) mass is 391 g/mol. The lowest BCUT2D eigenvalue weighted by Crippen LogP contribution is -2.47. The first-order chi connectivity index (χ1) is 13.2. The van der Waals surface area contributed by atoms with E-state index in [2.05, 4.69) is 62.9 Å². The molecule has 5 nitrogen and oxygen atoms in total. The lowest BCUT2D eigenvalue weighted by molar-refractivity contribution is 0.255. The zero-order valence-electron chi connectivity index (χ0n) is 17.3. The number of rotatable bonds is 10. The van der Waals surface area contributed by atoms with Crippen LogP contribution in [0.3, 0.4) is 0 Å². The van der Waals surface area contributed by atoms with Gasteiger partial charge in [0.15, 0.2) is 5.96 Å². The smallest absolute Gasteiger partial charge is 0.190 e. The van der Waals surface area contributed by atoms with Gasteiger partial charge in [-0.25, -0.2) is 0 Å². The minimum Gasteiger partial charge on any atom is -0.369 e. The van der Waals surface area contributed by atoms with E-state index < -0.39 is 0 Å². The Balaban J connectivity index is 1.56. The summed E-state index contributed by atoms with van der Waals surface area (Å²) < 4.78 is 0. The van der Waals surface area contributed by atoms with Crippen LogP contribution >= 0.6 is 11.8 Å². The van der Waals surface area contributed by atoms with Gasteiger partial charge in [0.05, 0.1) is 0 Å². The number of hydrogen-bond acceptors (Lipinski definition) is 4. The first-order valence-electron chi connectivity index (χ1n) is 10.2. The number of aliphatic imine (C=N–C) groups is 1. The Hall–Kier alpha value is -1.40. The molecule has 0 saturated carbocycles. The summed E-state index contributed by atoms with van der Waals surface area (Å²) in [6, 6.07) is 8.84. The lowest BCUT2D eigenvalue weighted by Gasteiger charge is -2.36. The number of nitrogens with one attached hydrogen (secondary N) is 2. The number of guanidine groups is 1. The zero-order chi connectivity index (χ0) is 19.3. The van der Waals surface area contributed by atoms with E-state index in [0.29, 0.717) is 0 Å². The van der Waals surface area contributed by atoms with E-state index in [1.54, 1.807) is 0 Å². The second-order valence-corrected chi connectivity index (χ2v) is 8.13. The lowest BCUT2D eigenvalue weighted by atomic mass is 10.2. The van der Waals surface area contributed by atoms with Gasteiger partial charge in [-0.2, -0.15) is 11.8 Å². The van der Waals surface area contributed by atoms with Crippen molar-refractivity contribution in [1.29, 1.82) is 0 Å². The molecule has 27 heavy (non-hydrogen) atoms. The number of piperazine rings is 1. The van der Waals surface area contributed by atoms with Gasteiger partial charge in [0.2, 0.25) is 0 Å². The van der Waals surface area contributed by atoms with Crippen LogP contribution in [0, 0.1) is 6.92 Å². The maximum absolute atomic E-state index is 4.31. The fourth-order valence-corrected chi connectivity index (χ4v) is 3.86. The molecular weight excluding hydrogens is 354 g/mol. The molecule has 6 heteroatoms. The van der Waals surface area contributed by atoms with E-state index in [-0.39, 0.29) is 0 Å². The fraction of sp³-hybridized carbons (Fsp3) is 0.667. The number of nitrogens with zero attached hydrogens (tertiary/aromatic N) is 3. The summed E-state index contributed by atoms with van der Waals surface area (Å²) in [6.45, 7) is 9.84. The van der Waals surface area contributed by atoms with Crippen LogP contribution in [0.4, 0.5) is 5.69 Å². The van der Waals surface area contributed by atoms with Crippen LogP contribution < -0.4 is 15.5 Å². The molecule has 1 fully saturated rings. The van der Waals surface area contributed by atoms with Crippen molar-refractivity contribution in [2.45, 2.75) is 26.2 Å². The molecule has 1 saturated heterocycles. The standard InChI is InChI=1S/C21H37N5S/c1-19-8-6-9-20(18-19)26-15-13-25(14-16-26)12-7-11-24-21(22-2)23-10-4-5-17-27-3/h6,8-9,18H,4-5,7,10-17H2,1-3H3,(H2,22,23,24). The largest absolute Gasteiger partial charge is 0.369 e. The number of anilines is 1. The molecule has 1 aromatic carbocycles. The van der Waals surface area contributed by atoms with Crippen LogP contribution in [0.5, 0.6) is 0 Å². The molecule has 0 aromatic heterocycles. The van der Waals surface area contributed by atoms with Gasteiger partial charge in [-0.3, -0.25) is 9.89 Å². The highest BCUT2D eigenvalue weighted by Crippen LogP contribution is 2.17. The summed E-state index contributed by atoms with van der Waals surface area (Å²) >= 11 is 1.91. The molecule has 0 unspecified atom stereocenters. The van der Waals surface area contributed by atoms with E-state index in [0.717, 1.165) is 58.2 Å². The van der Waals surface area contributed by atoms with E-state index in [1.807, 2.05) is 18.8 Å². The molecule has 2 rings (SSSR count). The normalized spacial score (nSPS) is 15.8. The molecule has 0 aliphatic carbocycles. The molecule has 0 spiro atoms. The fourth-order valence-electron chi connectivity index (χ4n) is 3.36. The molecule has 2 N–H and O–H groups in total. The Kier molecular flexibility index (Phi) is 10.5. The number of benzene rings is 1. The Bertz CT molecular complexity index is 555. The highest BCUT2D eigenvalue weighted by molar-refractivity contribution is 7.98. The quantitative estimate of drug-likeness (QED) is 0.365. The summed E-state index contributed by atoms with van der Waals surface area (Å²) in [5.74, 6) is 2.17. The van der Waals surface area contributed by atoms with Crippen LogP contribution in [-0.2, 0) is 0 Å². The van der Waals surface area contributed by atoms with Crippen molar-refractivity contribution in [1.82, 2.24) is 15.5 Å². The maximum Gasteiger partial charge on any atom is 0.190 e. The third-order valence-electron chi connectivity index (χ3n) is 4.97. The van der Waals surface area contributed by atoms with Crippen molar-refractivity contribution in [3.63, 3.8) is 0 Å². The number of unbranched alkanes of at least 4 members (excludes halogenated alkanes) is 1. The molecule has 0 bridgehead atoms. The van der Waals surface area contributed by atoms with Gasteiger partial charge in [0.1, 0.15) is 0 Å². The summed E-state index contributed by atoms with van der Waals surface area (Å²) in [7, 11) is 1.85. The third-order valence-corrected chi connectivity index (χ3v) is 5.67. The molecule has 0 atom stereocenters. The van der Waals surface area contributed by atoms with Crippen molar-refractivity contribution in [2.24, 2.45) is 4.99 Å². The van der Waals surface area contributed by atoms with Crippen LogP contribution in [0.15, 0.2) is 29.3 Å². The second kappa shape index (κ2) is 12.9. The average Bonchev–Trinajstić information content (AvgIpc) is 2.70. The summed E-state index contributed by atoms with van der Waals surface area (Å²) in [4.78, 5) is 9.39. The van der Waals surface area contributed by atoms with Crippen LogP contribution in [-0.4, -0.2) is 75.7 Å². The predicted molar refractivity (Wildman–Crippen MR) is 121 cm³/mol. The molecule has 0 radical (unpaired) electrons. The van der Waals surface area contributed by atoms with Gasteiger partial charge in [0.25, 0.3) is 0 Å². The molecule has 1 aromatic rings. The minimum atomic E-state index is 0.934. The van der Waals surface area contributed by atoms with Gasteiger partial charge in [-0.05, 0) is 62.4 Å². The van der Waals surface area contributed by atoms with Crippen molar-refractivity contribution in [3.05, 3.63) is 29.8 Å². The first-order valence-corrected chi connectivity index (χ1v) is 11.6. The highest BCUT2D eigenvalue weighted by atomic mass is 32.2. The van der Waals surface area contributed by atoms with Crippen molar-refractivity contribution >= 4 is 23.4 Å². The molecule has 1 heterocycles. The highest BCUT2D eigenvalue weighted by Gasteiger charge is 2.16. The number of thioether (sulfide) groups is 1. The van der Waals surface area contributed by atoms with Crippen LogP contribution in [0.25, 0.3) is 0 Å². The van der Waals surface area contributed by atoms with Gasteiger partial charge >= 0.3 is 0 Å². The van der Waals surface area contributed by atoms with E-state index in [4.69, 9.17) is 0 Å². The molecule has 1 aliphatic rings. The molecule has 1 aliphatic heterocycles. The van der Waals surface area contributed by atoms with E-state index >= 15 is 0 Å². The molecule has 0 amide bonds. The van der Waals surface area contributed by atoms with Crippen LogP contribution in [0.1, 0.15) is 24.8 Å². The number of hydrogen-bond donors (Lipinski definition) is 2. The Morgan fingerprint density at radius 2 is 1.81 bits per heavy atom. The third kappa shape index (κ3) is 8.43. The first kappa shape index (κ1) is 21.9. The Morgan fingerprint density at radius 3 is 2.48 bits per heavy atom. The van der Waals surface area contributed by atoms with Gasteiger partial charge in [0, 0.05) is 52.0 Å². The summed E-state index contributed by atoms with van der Waals surface area (Å²) in [5, 5.41) is 6.84. The van der Waals surface area contributed by atoms with Crippen molar-refractivity contribution in [2.75, 3.05) is 69.8 Å². The second-order valence-electron chi connectivity index (χ2n) is 7.15. The predicted octanol–water partition coefficient (Wildman–Crippen LogP) is 2.82. The van der Waals surface area contributed by atoms with Crippen molar-refractivity contribution in [3.8, 4) is 0 Å². The molecule has 152 valence electrons. The zero-order valence-corrected chi connectivity index (χ0v) is 18.2. The topological polar surface area (TPSA) is 42.9 Å². The van der Waals surface area contributed by atoms with Gasteiger partial charge in [-0.1, -0.05) is 12.1 Å². The molecular formula is C21H37N5S. The Morgan fingerprint density at radius 1 is 1.07 bits per heavy atom. The maximum atomic E-state index is 4.31. The van der Waals surface area contributed by atoms with Crippen molar-refractivity contribution < 1.29 is 0 Å². The SMILES string of the molecule is CN=C(NCCCCSC)NCCCN1CCN(c2cccc(C)c2)CC1. The van der Waals surface area contributed by atoms with E-state index in [9.17, 15) is 0 Å². The summed E-state index contributed by atoms with van der Waals surface area (Å²) in [5.41, 5.74) is 2.70.